The Morgan fingerprint density at radius 3 is 2.15 bits per heavy atom. The molecule has 2 amide bonds. The smallest absolute Gasteiger partial charge is 0.341 e. The number of carbonyl (C=O) groups excluding carboxylic acids is 1. The maximum Gasteiger partial charge on any atom is 0.341 e. The molecule has 0 aliphatic heterocycles. The lowest BCUT2D eigenvalue weighted by molar-refractivity contribution is -0.160. The zero-order valence-corrected chi connectivity index (χ0v) is 23.4. The van der Waals surface area contributed by atoms with E-state index in [9.17, 15) is 29.9 Å². The van der Waals surface area contributed by atoms with Gasteiger partial charge < -0.3 is 20.4 Å². The van der Waals surface area contributed by atoms with Gasteiger partial charge in [-0.1, -0.05) is 75.7 Å². The number of aromatic nitrogens is 4. The number of urea groups is 1. The van der Waals surface area contributed by atoms with E-state index < -0.39 is 35.3 Å². The Bertz CT molecular complexity index is 1370. The van der Waals surface area contributed by atoms with E-state index in [0.717, 1.165) is 28.7 Å². The molecule has 0 saturated carbocycles. The minimum absolute atomic E-state index is 0.125. The number of benzene rings is 2. The molecule has 12 nitrogen and oxygen atoms in total. The average molecular weight is 562 g/mol. The summed E-state index contributed by atoms with van der Waals surface area (Å²) in [5.74, 6) is -2.92. The lowest BCUT2D eigenvalue weighted by Crippen LogP contribution is -2.64. The number of aliphatic carboxylic acids is 2. The molecule has 0 saturated heterocycles. The number of carboxylic acids is 2. The number of nitrogens with one attached hydrogen (secondary N) is 2. The van der Waals surface area contributed by atoms with Gasteiger partial charge in [0.2, 0.25) is 5.54 Å². The summed E-state index contributed by atoms with van der Waals surface area (Å²) >= 11 is 0. The summed E-state index contributed by atoms with van der Waals surface area (Å²) in [6, 6.07) is 16.4. The molecule has 0 aliphatic rings. The first-order valence-corrected chi connectivity index (χ1v) is 13.5. The largest absolute Gasteiger partial charge is 0.479 e. The molecule has 3 aromatic rings. The Labute approximate surface area is 238 Å². The number of amides is 2. The topological polar surface area (TPSA) is 185 Å². The summed E-state index contributed by atoms with van der Waals surface area (Å²) in [4.78, 5) is 39.6. The molecular weight excluding hydrogens is 526 g/mol. The zero-order chi connectivity index (χ0) is 30.0. The van der Waals surface area contributed by atoms with Gasteiger partial charge >= 0.3 is 18.0 Å². The second-order valence-electron chi connectivity index (χ2n) is 9.99. The van der Waals surface area contributed by atoms with Gasteiger partial charge in [0.15, 0.2) is 5.82 Å². The Morgan fingerprint density at radius 1 is 1.00 bits per heavy atom. The highest BCUT2D eigenvalue weighted by molar-refractivity contribution is 6.06. The van der Waals surface area contributed by atoms with Gasteiger partial charge in [0.25, 0.3) is 0 Å². The number of H-pyrrole nitrogens is 1. The van der Waals surface area contributed by atoms with Crippen LogP contribution < -0.4 is 5.32 Å². The summed E-state index contributed by atoms with van der Waals surface area (Å²) in [5, 5.41) is 46.2. The molecule has 0 radical (unpaired) electrons. The minimum atomic E-state index is -2.66. The first kappa shape index (κ1) is 30.7. The molecular formula is C29H35N7O5. The normalized spacial score (nSPS) is 11.5. The Hall–Kier alpha value is -4.79. The van der Waals surface area contributed by atoms with Crippen molar-refractivity contribution in [3.05, 3.63) is 54.1 Å². The number of rotatable bonds is 14. The molecule has 0 unspecified atom stereocenters. The van der Waals surface area contributed by atoms with E-state index in [1.807, 2.05) is 55.5 Å². The van der Waals surface area contributed by atoms with Crippen molar-refractivity contribution in [1.29, 1.82) is 5.26 Å². The predicted molar refractivity (Wildman–Crippen MR) is 150 cm³/mol. The van der Waals surface area contributed by atoms with Crippen LogP contribution in [0, 0.1) is 16.7 Å². The highest BCUT2D eigenvalue weighted by Crippen LogP contribution is 2.36. The third kappa shape index (κ3) is 6.87. The van der Waals surface area contributed by atoms with Gasteiger partial charge in [-0.3, -0.25) is 0 Å². The minimum Gasteiger partial charge on any atom is -0.479 e. The average Bonchev–Trinajstić information content (AvgIpc) is 3.53. The van der Waals surface area contributed by atoms with Gasteiger partial charge in [0, 0.05) is 25.1 Å². The monoisotopic (exact) mass is 561 g/mol. The molecule has 0 spiro atoms. The molecule has 1 heterocycles. The van der Waals surface area contributed by atoms with Crippen molar-refractivity contribution in [3.63, 3.8) is 0 Å². The molecule has 0 fully saturated rings. The second-order valence-corrected chi connectivity index (χ2v) is 9.99. The molecule has 0 bridgehead atoms. The lowest BCUT2D eigenvalue weighted by Gasteiger charge is -2.35. The van der Waals surface area contributed by atoms with Crippen molar-refractivity contribution < 1.29 is 24.6 Å². The van der Waals surface area contributed by atoms with E-state index in [4.69, 9.17) is 0 Å². The fourth-order valence-corrected chi connectivity index (χ4v) is 4.69. The van der Waals surface area contributed by atoms with Crippen LogP contribution in [-0.2, 0) is 16.1 Å². The summed E-state index contributed by atoms with van der Waals surface area (Å²) in [5.41, 5.74) is -0.505. The number of aromatic amines is 1. The number of nitrogens with zero attached hydrogens (tertiary/aromatic N) is 5. The molecule has 1 aromatic heterocycles. The van der Waals surface area contributed by atoms with Crippen molar-refractivity contribution in [2.75, 3.05) is 6.54 Å². The van der Waals surface area contributed by atoms with E-state index in [0.29, 0.717) is 12.2 Å². The Balaban J connectivity index is 1.88. The summed E-state index contributed by atoms with van der Waals surface area (Å²) < 4.78 is 0. The van der Waals surface area contributed by atoms with Gasteiger partial charge in [-0.05, 0) is 46.4 Å². The summed E-state index contributed by atoms with van der Waals surface area (Å²) in [7, 11) is 0. The molecule has 0 atom stereocenters. The predicted octanol–water partition coefficient (Wildman–Crippen LogP) is 4.47. The first-order chi connectivity index (χ1) is 19.6. The van der Waals surface area contributed by atoms with Crippen molar-refractivity contribution >= 4 is 18.0 Å². The van der Waals surface area contributed by atoms with E-state index in [2.05, 4.69) is 32.0 Å². The van der Waals surface area contributed by atoms with Gasteiger partial charge in [0.05, 0.1) is 11.5 Å². The lowest BCUT2D eigenvalue weighted by atomic mass is 9.73. The van der Waals surface area contributed by atoms with Crippen LogP contribution in [-0.4, -0.2) is 65.8 Å². The van der Waals surface area contributed by atoms with Gasteiger partial charge in [0.1, 0.15) is 0 Å². The fourth-order valence-electron chi connectivity index (χ4n) is 4.69. The van der Waals surface area contributed by atoms with Crippen LogP contribution in [0.15, 0.2) is 48.5 Å². The number of carbonyl (C=O) groups is 3. The molecule has 12 heteroatoms. The van der Waals surface area contributed by atoms with Crippen LogP contribution in [0.1, 0.15) is 58.4 Å². The SMILES string of the molecule is CCCCN(Cc1ccc(-c2ccccc2-c2nnn[nH]2)cc1)C(=O)NC(CC(C#N)(CC)CC)(C(=O)O)C(=O)O. The number of carboxylic acid groups (broad SMARTS) is 2. The number of nitriles is 1. The molecule has 0 aliphatic carbocycles. The van der Waals surface area contributed by atoms with Gasteiger partial charge in [-0.2, -0.15) is 5.26 Å². The third-order valence-electron chi connectivity index (χ3n) is 7.48. The van der Waals surface area contributed by atoms with Crippen LogP contribution in [0.3, 0.4) is 0 Å². The van der Waals surface area contributed by atoms with Crippen LogP contribution >= 0.6 is 0 Å². The standard InChI is InChI=1S/C29H35N7O5/c1-4-7-16-36(27(41)31-29(25(37)38,26(39)40)18-28(5-2,6-3)19-30)17-20-12-14-21(15-13-20)22-10-8-9-11-23(22)24-32-34-35-33-24/h8-15H,4-7,16-18H2,1-3H3,(H,31,41)(H,37,38)(H,39,40)(H,32,33,34,35). The highest BCUT2D eigenvalue weighted by Gasteiger charge is 2.53. The van der Waals surface area contributed by atoms with Crippen LogP contribution in [0.2, 0.25) is 0 Å². The molecule has 4 N–H and O–H groups in total. The Kier molecular flexibility index (Phi) is 10.1. The van der Waals surface area contributed by atoms with Crippen LogP contribution in [0.4, 0.5) is 4.79 Å². The maximum absolute atomic E-state index is 13.5. The maximum atomic E-state index is 13.5. The number of hydrogen-bond donors (Lipinski definition) is 4. The summed E-state index contributed by atoms with van der Waals surface area (Å²) in [6.45, 7) is 5.75. The van der Waals surface area contributed by atoms with Crippen molar-refractivity contribution in [1.82, 2.24) is 30.8 Å². The number of unbranched alkanes of at least 4 members (excludes halogenated alkanes) is 1. The number of tetrazole rings is 1. The van der Waals surface area contributed by atoms with E-state index >= 15 is 0 Å². The van der Waals surface area contributed by atoms with Crippen molar-refractivity contribution in [2.45, 2.75) is 65.0 Å². The quantitative estimate of drug-likeness (QED) is 0.206. The summed E-state index contributed by atoms with van der Waals surface area (Å²) in [6.07, 6.45) is 1.31. The van der Waals surface area contributed by atoms with Gasteiger partial charge in [-0.25, -0.2) is 19.5 Å². The highest BCUT2D eigenvalue weighted by atomic mass is 16.4. The third-order valence-corrected chi connectivity index (χ3v) is 7.48. The van der Waals surface area contributed by atoms with Gasteiger partial charge in [-0.15, -0.1) is 5.10 Å². The van der Waals surface area contributed by atoms with E-state index in [-0.39, 0.29) is 25.9 Å². The molecule has 41 heavy (non-hydrogen) atoms. The van der Waals surface area contributed by atoms with Crippen molar-refractivity contribution in [2.24, 2.45) is 5.41 Å². The molecule has 3 rings (SSSR count). The van der Waals surface area contributed by atoms with E-state index in [1.54, 1.807) is 13.8 Å². The van der Waals surface area contributed by atoms with Crippen molar-refractivity contribution in [3.8, 4) is 28.6 Å². The first-order valence-electron chi connectivity index (χ1n) is 13.5. The molecule has 216 valence electrons. The van der Waals surface area contributed by atoms with Crippen LogP contribution in [0.5, 0.6) is 0 Å². The second kappa shape index (κ2) is 13.5. The Morgan fingerprint density at radius 2 is 1.63 bits per heavy atom. The fraction of sp³-hybridized carbons (Fsp3) is 0.414. The van der Waals surface area contributed by atoms with Crippen LogP contribution in [0.25, 0.3) is 22.5 Å². The zero-order valence-electron chi connectivity index (χ0n) is 23.4. The van der Waals surface area contributed by atoms with E-state index in [1.165, 1.54) is 4.90 Å². The number of hydrogen-bond acceptors (Lipinski definition) is 7. The molecule has 2 aromatic carbocycles.